The lowest BCUT2D eigenvalue weighted by molar-refractivity contribution is 1.05. The van der Waals surface area contributed by atoms with Gasteiger partial charge in [-0.2, -0.15) is 0 Å². The van der Waals surface area contributed by atoms with Gasteiger partial charge in [0.05, 0.1) is 18.6 Å². The van der Waals surface area contributed by atoms with Gasteiger partial charge in [0, 0.05) is 15.9 Å². The van der Waals surface area contributed by atoms with Gasteiger partial charge >= 0.3 is 0 Å². The Morgan fingerprint density at radius 3 is 2.81 bits per heavy atom. The number of benzene rings is 1. The third-order valence-corrected chi connectivity index (χ3v) is 3.16. The van der Waals surface area contributed by atoms with Gasteiger partial charge in [0.2, 0.25) is 0 Å². The van der Waals surface area contributed by atoms with Gasteiger partial charge in [-0.25, -0.2) is 4.98 Å². The van der Waals surface area contributed by atoms with Crippen molar-refractivity contribution in [1.82, 2.24) is 9.97 Å². The zero-order valence-corrected chi connectivity index (χ0v) is 10.9. The number of aromatic nitrogens is 2. The van der Waals surface area contributed by atoms with Crippen LogP contribution in [0.4, 0.5) is 5.69 Å². The number of halogens is 1. The zero-order valence-electron chi connectivity index (χ0n) is 9.34. The summed E-state index contributed by atoms with van der Waals surface area (Å²) in [5.74, 6) is 0. The Morgan fingerprint density at radius 1 is 1.38 bits per heavy atom. The lowest BCUT2D eigenvalue weighted by Crippen LogP contribution is -2.01. The molecule has 1 aromatic carbocycles. The molecule has 1 heterocycles. The molecule has 0 spiro atoms. The van der Waals surface area contributed by atoms with Crippen LogP contribution < -0.4 is 5.32 Å². The van der Waals surface area contributed by atoms with Gasteiger partial charge in [0.1, 0.15) is 0 Å². The van der Waals surface area contributed by atoms with Crippen molar-refractivity contribution in [3.63, 3.8) is 0 Å². The van der Waals surface area contributed by atoms with Crippen LogP contribution in [0, 0.1) is 13.8 Å². The van der Waals surface area contributed by atoms with E-state index in [2.05, 4.69) is 56.3 Å². The Kier molecular flexibility index (Phi) is 3.29. The maximum Gasteiger partial charge on any atom is 0.0925 e. The Bertz CT molecular complexity index is 491. The number of aryl methyl sites for hydroxylation is 2. The molecule has 0 aliphatic rings. The third-order valence-electron chi connectivity index (χ3n) is 2.51. The van der Waals surface area contributed by atoms with E-state index in [1.807, 2.05) is 6.92 Å². The minimum atomic E-state index is 0.733. The number of nitrogens with zero attached hydrogens (tertiary/aromatic N) is 1. The summed E-state index contributed by atoms with van der Waals surface area (Å²) in [7, 11) is 0. The van der Waals surface area contributed by atoms with Crippen molar-refractivity contribution in [2.45, 2.75) is 20.4 Å². The average molecular weight is 280 g/mol. The van der Waals surface area contributed by atoms with E-state index in [4.69, 9.17) is 0 Å². The molecule has 84 valence electrons. The topological polar surface area (TPSA) is 40.7 Å². The molecular formula is C12H14BrN3. The number of aromatic amines is 1. The number of hydrogen-bond acceptors (Lipinski definition) is 2. The van der Waals surface area contributed by atoms with Crippen LogP contribution in [0.25, 0.3) is 0 Å². The molecule has 0 bridgehead atoms. The first-order valence-electron chi connectivity index (χ1n) is 5.15. The lowest BCUT2D eigenvalue weighted by Gasteiger charge is -2.08. The van der Waals surface area contributed by atoms with Crippen LogP contribution >= 0.6 is 15.9 Å². The number of hydrogen-bond donors (Lipinski definition) is 2. The average Bonchev–Trinajstić information content (AvgIpc) is 2.63. The standard InChI is InChI=1S/C12H14BrN3/c1-8-3-4-11(10(13)5-8)14-6-12-9(2)15-7-16-12/h3-5,7,14H,6H2,1-2H3,(H,15,16). The summed E-state index contributed by atoms with van der Waals surface area (Å²) >= 11 is 3.54. The molecule has 4 heteroatoms. The minimum absolute atomic E-state index is 0.733. The summed E-state index contributed by atoms with van der Waals surface area (Å²) in [6, 6.07) is 6.26. The largest absolute Gasteiger partial charge is 0.378 e. The third kappa shape index (κ3) is 2.44. The molecule has 16 heavy (non-hydrogen) atoms. The van der Waals surface area contributed by atoms with Crippen LogP contribution in [-0.4, -0.2) is 9.97 Å². The van der Waals surface area contributed by atoms with Gasteiger partial charge in [-0.15, -0.1) is 0 Å². The molecule has 0 fully saturated rings. The molecule has 3 nitrogen and oxygen atoms in total. The van der Waals surface area contributed by atoms with Crippen molar-refractivity contribution in [2.75, 3.05) is 5.32 Å². The molecule has 2 N–H and O–H groups in total. The first kappa shape index (κ1) is 11.2. The van der Waals surface area contributed by atoms with E-state index in [0.717, 1.165) is 28.1 Å². The second kappa shape index (κ2) is 4.70. The molecule has 0 saturated heterocycles. The minimum Gasteiger partial charge on any atom is -0.378 e. The summed E-state index contributed by atoms with van der Waals surface area (Å²) < 4.78 is 1.08. The summed E-state index contributed by atoms with van der Waals surface area (Å²) in [4.78, 5) is 7.31. The number of rotatable bonds is 3. The van der Waals surface area contributed by atoms with Gasteiger partial charge in [-0.05, 0) is 47.5 Å². The van der Waals surface area contributed by atoms with Gasteiger partial charge in [0.15, 0.2) is 0 Å². The van der Waals surface area contributed by atoms with E-state index in [1.165, 1.54) is 5.56 Å². The van der Waals surface area contributed by atoms with E-state index >= 15 is 0 Å². The van der Waals surface area contributed by atoms with E-state index in [-0.39, 0.29) is 0 Å². The van der Waals surface area contributed by atoms with Crippen LogP contribution in [0.15, 0.2) is 29.0 Å². The molecule has 0 aliphatic carbocycles. The zero-order chi connectivity index (χ0) is 11.5. The second-order valence-electron chi connectivity index (χ2n) is 3.81. The smallest absolute Gasteiger partial charge is 0.0925 e. The number of anilines is 1. The number of imidazole rings is 1. The first-order chi connectivity index (χ1) is 7.66. The maximum atomic E-state index is 4.24. The summed E-state index contributed by atoms with van der Waals surface area (Å²) in [6.45, 7) is 4.83. The monoisotopic (exact) mass is 279 g/mol. The van der Waals surface area contributed by atoms with Crippen LogP contribution in [0.3, 0.4) is 0 Å². The molecular weight excluding hydrogens is 266 g/mol. The lowest BCUT2D eigenvalue weighted by atomic mass is 10.2. The predicted octanol–water partition coefficient (Wildman–Crippen LogP) is 3.40. The van der Waals surface area contributed by atoms with Crippen LogP contribution in [0.1, 0.15) is 17.0 Å². The highest BCUT2D eigenvalue weighted by atomic mass is 79.9. The predicted molar refractivity (Wildman–Crippen MR) is 69.5 cm³/mol. The highest BCUT2D eigenvalue weighted by Crippen LogP contribution is 2.23. The molecule has 0 radical (unpaired) electrons. The molecule has 2 aromatic rings. The Labute approximate surface area is 103 Å². The highest BCUT2D eigenvalue weighted by Gasteiger charge is 2.03. The van der Waals surface area contributed by atoms with Crippen LogP contribution in [0.2, 0.25) is 0 Å². The fraction of sp³-hybridized carbons (Fsp3) is 0.250. The molecule has 0 unspecified atom stereocenters. The van der Waals surface area contributed by atoms with E-state index < -0.39 is 0 Å². The molecule has 0 aliphatic heterocycles. The first-order valence-corrected chi connectivity index (χ1v) is 5.95. The van der Waals surface area contributed by atoms with E-state index in [1.54, 1.807) is 6.33 Å². The molecule has 2 rings (SSSR count). The molecule has 1 aromatic heterocycles. The second-order valence-corrected chi connectivity index (χ2v) is 4.67. The van der Waals surface area contributed by atoms with E-state index in [0.29, 0.717) is 0 Å². The van der Waals surface area contributed by atoms with Crippen molar-refractivity contribution < 1.29 is 0 Å². The van der Waals surface area contributed by atoms with E-state index in [9.17, 15) is 0 Å². The Morgan fingerprint density at radius 2 is 2.19 bits per heavy atom. The maximum absolute atomic E-state index is 4.24. The number of H-pyrrole nitrogens is 1. The molecule has 0 atom stereocenters. The van der Waals surface area contributed by atoms with Crippen molar-refractivity contribution in [2.24, 2.45) is 0 Å². The normalized spacial score (nSPS) is 10.4. The summed E-state index contributed by atoms with van der Waals surface area (Å²) in [6.07, 6.45) is 1.72. The Balaban J connectivity index is 2.08. The van der Waals surface area contributed by atoms with Gasteiger partial charge < -0.3 is 10.3 Å². The van der Waals surface area contributed by atoms with Crippen molar-refractivity contribution >= 4 is 21.6 Å². The Hall–Kier alpha value is -1.29. The highest BCUT2D eigenvalue weighted by molar-refractivity contribution is 9.10. The quantitative estimate of drug-likeness (QED) is 0.904. The van der Waals surface area contributed by atoms with Crippen LogP contribution in [0.5, 0.6) is 0 Å². The van der Waals surface area contributed by atoms with Gasteiger partial charge in [0.25, 0.3) is 0 Å². The molecule has 0 amide bonds. The molecule has 0 saturated carbocycles. The van der Waals surface area contributed by atoms with Crippen molar-refractivity contribution in [1.29, 1.82) is 0 Å². The van der Waals surface area contributed by atoms with Crippen molar-refractivity contribution in [3.05, 3.63) is 46.0 Å². The van der Waals surface area contributed by atoms with Gasteiger partial charge in [-0.3, -0.25) is 0 Å². The summed E-state index contributed by atoms with van der Waals surface area (Å²) in [5, 5.41) is 3.35. The SMILES string of the molecule is Cc1ccc(NCc2nc[nH]c2C)c(Br)c1. The van der Waals surface area contributed by atoms with Crippen LogP contribution in [-0.2, 0) is 6.54 Å². The van der Waals surface area contributed by atoms with Gasteiger partial charge in [-0.1, -0.05) is 6.07 Å². The summed E-state index contributed by atoms with van der Waals surface area (Å²) in [5.41, 5.74) is 4.49. The number of nitrogens with one attached hydrogen (secondary N) is 2. The van der Waals surface area contributed by atoms with Crippen molar-refractivity contribution in [3.8, 4) is 0 Å². The fourth-order valence-corrected chi connectivity index (χ4v) is 2.14. The fourth-order valence-electron chi connectivity index (χ4n) is 1.51.